The summed E-state index contributed by atoms with van der Waals surface area (Å²) >= 11 is 6.08. The molecule has 2 aromatic carbocycles. The Morgan fingerprint density at radius 2 is 2.00 bits per heavy atom. The van der Waals surface area contributed by atoms with Gasteiger partial charge in [0.05, 0.1) is 23.6 Å². The first-order valence-corrected chi connectivity index (χ1v) is 8.44. The van der Waals surface area contributed by atoms with Crippen LogP contribution in [0.15, 0.2) is 42.6 Å². The molecule has 0 radical (unpaired) electrons. The Morgan fingerprint density at radius 1 is 1.22 bits per heavy atom. The molecule has 1 heterocycles. The number of ether oxygens (including phenoxy) is 2. The van der Waals surface area contributed by atoms with E-state index in [2.05, 4.69) is 0 Å². The van der Waals surface area contributed by atoms with Gasteiger partial charge >= 0.3 is 12.1 Å². The number of aromatic nitrogens is 1. The molecule has 0 aliphatic heterocycles. The summed E-state index contributed by atoms with van der Waals surface area (Å²) < 4.78 is 26.4. The average Bonchev–Trinajstić information content (AvgIpc) is 3.06. The van der Waals surface area contributed by atoms with Crippen molar-refractivity contribution in [1.82, 2.24) is 4.57 Å². The molecule has 1 N–H and O–H groups in total. The maximum absolute atomic E-state index is 14.8. The number of carboxylic acid groups (broad SMARTS) is 1. The van der Waals surface area contributed by atoms with Crippen LogP contribution in [0, 0.1) is 5.82 Å². The molecule has 0 spiro atoms. The van der Waals surface area contributed by atoms with Crippen LogP contribution in [0.1, 0.15) is 12.5 Å². The zero-order valence-corrected chi connectivity index (χ0v) is 15.0. The van der Waals surface area contributed by atoms with Crippen molar-refractivity contribution in [3.05, 3.63) is 59.0 Å². The first-order valence-electron chi connectivity index (χ1n) is 8.06. The van der Waals surface area contributed by atoms with E-state index in [0.29, 0.717) is 10.9 Å². The maximum atomic E-state index is 14.8. The van der Waals surface area contributed by atoms with Crippen LogP contribution in [-0.4, -0.2) is 28.3 Å². The van der Waals surface area contributed by atoms with Gasteiger partial charge in [0.25, 0.3) is 0 Å². The minimum absolute atomic E-state index is 0.0229. The topological polar surface area (TPSA) is 77.8 Å². The highest BCUT2D eigenvalue weighted by Gasteiger charge is 2.19. The Morgan fingerprint density at radius 3 is 2.70 bits per heavy atom. The molecule has 140 valence electrons. The number of hydrogen-bond acceptors (Lipinski definition) is 4. The van der Waals surface area contributed by atoms with Gasteiger partial charge in [-0.3, -0.25) is 9.36 Å². The Bertz CT molecular complexity index is 1030. The van der Waals surface area contributed by atoms with Crippen molar-refractivity contribution in [2.24, 2.45) is 0 Å². The van der Waals surface area contributed by atoms with Crippen LogP contribution in [0.5, 0.6) is 11.5 Å². The zero-order valence-electron chi connectivity index (χ0n) is 14.2. The lowest BCUT2D eigenvalue weighted by atomic mass is 10.1. The van der Waals surface area contributed by atoms with Crippen molar-refractivity contribution in [2.45, 2.75) is 13.3 Å². The molecule has 6 nitrogen and oxygen atoms in total. The smallest absolute Gasteiger partial charge is 0.416 e. The average molecular weight is 392 g/mol. The lowest BCUT2D eigenvalue weighted by Gasteiger charge is -2.12. The first-order chi connectivity index (χ1) is 12.9. The molecule has 3 aromatic rings. The third kappa shape index (κ3) is 3.73. The molecular formula is C19H15ClFNO5. The number of carbonyl (C=O) groups excluding carboxylic acids is 1. The van der Waals surface area contributed by atoms with E-state index in [0.717, 1.165) is 4.57 Å². The van der Waals surface area contributed by atoms with E-state index >= 15 is 0 Å². The second-order valence-corrected chi connectivity index (χ2v) is 6.00. The number of nitrogens with zero attached hydrogens (tertiary/aromatic N) is 1. The van der Waals surface area contributed by atoms with Gasteiger partial charge < -0.3 is 14.6 Å². The summed E-state index contributed by atoms with van der Waals surface area (Å²) in [4.78, 5) is 22.9. The van der Waals surface area contributed by atoms with Crippen molar-refractivity contribution in [2.75, 3.05) is 6.61 Å². The van der Waals surface area contributed by atoms with Crippen LogP contribution < -0.4 is 4.74 Å². The van der Waals surface area contributed by atoms with Crippen LogP contribution in [-0.2, 0) is 16.0 Å². The minimum atomic E-state index is -1.15. The minimum Gasteiger partial charge on any atom is -0.466 e. The van der Waals surface area contributed by atoms with E-state index in [1.807, 2.05) is 0 Å². The molecule has 0 saturated carbocycles. The second kappa shape index (κ2) is 7.67. The molecule has 0 aliphatic rings. The highest BCUT2D eigenvalue weighted by Crippen LogP contribution is 2.37. The molecular weight excluding hydrogens is 377 g/mol. The first kappa shape index (κ1) is 18.7. The number of halogens is 2. The SMILES string of the molecule is CCOC(=O)Cc1ccc(Cl)c(Oc2cccc3c2ccn3C(=O)O)c1F. The fourth-order valence-corrected chi connectivity index (χ4v) is 2.86. The summed E-state index contributed by atoms with van der Waals surface area (Å²) in [5, 5.41) is 9.70. The van der Waals surface area contributed by atoms with Gasteiger partial charge in [0, 0.05) is 17.1 Å². The number of fused-ring (bicyclic) bond motifs is 1. The van der Waals surface area contributed by atoms with E-state index in [9.17, 15) is 19.1 Å². The summed E-state index contributed by atoms with van der Waals surface area (Å²) in [7, 11) is 0. The molecule has 8 heteroatoms. The molecule has 0 atom stereocenters. The highest BCUT2D eigenvalue weighted by molar-refractivity contribution is 6.32. The quantitative estimate of drug-likeness (QED) is 0.628. The van der Waals surface area contributed by atoms with Gasteiger partial charge in [-0.25, -0.2) is 9.18 Å². The number of benzene rings is 2. The van der Waals surface area contributed by atoms with E-state index in [4.69, 9.17) is 21.1 Å². The lowest BCUT2D eigenvalue weighted by molar-refractivity contribution is -0.142. The Hall–Kier alpha value is -3.06. The molecule has 0 aliphatic carbocycles. The predicted molar refractivity (Wildman–Crippen MR) is 97.2 cm³/mol. The van der Waals surface area contributed by atoms with Crippen LogP contribution in [0.25, 0.3) is 10.9 Å². The Kier molecular flexibility index (Phi) is 5.32. The summed E-state index contributed by atoms with van der Waals surface area (Å²) in [6, 6.07) is 9.13. The molecule has 27 heavy (non-hydrogen) atoms. The third-order valence-corrected chi connectivity index (χ3v) is 4.18. The van der Waals surface area contributed by atoms with E-state index < -0.39 is 17.9 Å². The normalized spacial score (nSPS) is 10.8. The van der Waals surface area contributed by atoms with Gasteiger partial charge in [-0.15, -0.1) is 0 Å². The summed E-state index contributed by atoms with van der Waals surface area (Å²) in [5.41, 5.74) is 0.474. The number of hydrogen-bond donors (Lipinski definition) is 1. The zero-order chi connectivity index (χ0) is 19.6. The van der Waals surface area contributed by atoms with Crippen molar-refractivity contribution >= 4 is 34.6 Å². The highest BCUT2D eigenvalue weighted by atomic mass is 35.5. The Balaban J connectivity index is 2.00. The van der Waals surface area contributed by atoms with Crippen molar-refractivity contribution in [1.29, 1.82) is 0 Å². The van der Waals surface area contributed by atoms with Gasteiger partial charge in [-0.2, -0.15) is 0 Å². The molecule has 3 rings (SSSR count). The van der Waals surface area contributed by atoms with Crippen molar-refractivity contribution in [3.63, 3.8) is 0 Å². The van der Waals surface area contributed by atoms with Crippen LogP contribution >= 0.6 is 11.6 Å². The van der Waals surface area contributed by atoms with Crippen LogP contribution in [0.4, 0.5) is 9.18 Å². The molecule has 0 fully saturated rings. The predicted octanol–water partition coefficient (Wildman–Crippen LogP) is 4.86. The molecule has 0 unspecified atom stereocenters. The van der Waals surface area contributed by atoms with Crippen LogP contribution in [0.3, 0.4) is 0 Å². The van der Waals surface area contributed by atoms with Gasteiger partial charge in [0.2, 0.25) is 0 Å². The number of esters is 1. The van der Waals surface area contributed by atoms with E-state index in [1.165, 1.54) is 18.3 Å². The maximum Gasteiger partial charge on any atom is 0.416 e. The van der Waals surface area contributed by atoms with Crippen molar-refractivity contribution < 1.29 is 28.6 Å². The molecule has 0 amide bonds. The Labute approximate surface area is 158 Å². The van der Waals surface area contributed by atoms with E-state index in [-0.39, 0.29) is 35.1 Å². The van der Waals surface area contributed by atoms with E-state index in [1.54, 1.807) is 31.2 Å². The third-order valence-electron chi connectivity index (χ3n) is 3.88. The van der Waals surface area contributed by atoms with Gasteiger partial charge in [-0.05, 0) is 31.2 Å². The molecule has 0 bridgehead atoms. The lowest BCUT2D eigenvalue weighted by Crippen LogP contribution is -2.09. The van der Waals surface area contributed by atoms with Crippen molar-refractivity contribution in [3.8, 4) is 11.5 Å². The van der Waals surface area contributed by atoms with Crippen LogP contribution in [0.2, 0.25) is 5.02 Å². The summed E-state index contributed by atoms with van der Waals surface area (Å²) in [6.45, 7) is 1.86. The molecule has 1 aromatic heterocycles. The summed E-state index contributed by atoms with van der Waals surface area (Å²) in [5.74, 6) is -1.34. The monoisotopic (exact) mass is 391 g/mol. The molecule has 0 saturated heterocycles. The van der Waals surface area contributed by atoms with Gasteiger partial charge in [-0.1, -0.05) is 23.7 Å². The second-order valence-electron chi connectivity index (χ2n) is 5.59. The number of carbonyl (C=O) groups is 2. The fraction of sp³-hybridized carbons (Fsp3) is 0.158. The largest absolute Gasteiger partial charge is 0.466 e. The van der Waals surface area contributed by atoms with Gasteiger partial charge in [0.1, 0.15) is 5.75 Å². The fourth-order valence-electron chi connectivity index (χ4n) is 2.68. The standard InChI is InChI=1S/C19H15ClFNO5/c1-2-26-16(23)10-11-6-7-13(20)18(17(11)21)27-15-5-3-4-14-12(15)8-9-22(14)19(24)25/h3-9H,2,10H2,1H3,(H,24,25). The summed E-state index contributed by atoms with van der Waals surface area (Å²) in [6.07, 6.45) is -0.0373. The number of rotatable bonds is 5. The van der Waals surface area contributed by atoms with Gasteiger partial charge in [0.15, 0.2) is 11.6 Å².